The Morgan fingerprint density at radius 2 is 2.00 bits per heavy atom. The highest BCUT2D eigenvalue weighted by molar-refractivity contribution is 7.91. The number of carbonyl (C=O) groups is 1. The average molecular weight is 261 g/mol. The topological polar surface area (TPSA) is 77.2 Å². The summed E-state index contributed by atoms with van der Waals surface area (Å²) in [5.74, 6) is -0.160. The molecule has 1 saturated carbocycles. The number of hydrogen-bond donors (Lipinski definition) is 1. The van der Waals surface area contributed by atoms with E-state index in [1.54, 1.807) is 6.92 Å². The van der Waals surface area contributed by atoms with Gasteiger partial charge in [0.05, 0.1) is 10.8 Å². The van der Waals surface area contributed by atoms with Crippen molar-refractivity contribution in [2.45, 2.75) is 56.7 Å². The third-order valence-electron chi connectivity index (χ3n) is 3.90. The van der Waals surface area contributed by atoms with Crippen molar-refractivity contribution in [3.05, 3.63) is 0 Å². The van der Waals surface area contributed by atoms with E-state index in [9.17, 15) is 13.2 Å². The molecule has 4 nitrogen and oxygen atoms in total. The fourth-order valence-electron chi connectivity index (χ4n) is 2.41. The van der Waals surface area contributed by atoms with Crippen LogP contribution in [0.3, 0.4) is 0 Å². The van der Waals surface area contributed by atoms with E-state index in [2.05, 4.69) is 0 Å². The van der Waals surface area contributed by atoms with Crippen LogP contribution in [-0.2, 0) is 14.6 Å². The van der Waals surface area contributed by atoms with Crippen molar-refractivity contribution in [1.82, 2.24) is 0 Å². The van der Waals surface area contributed by atoms with Gasteiger partial charge in [0.2, 0.25) is 0 Å². The number of hydrogen-bond acceptors (Lipinski definition) is 4. The summed E-state index contributed by atoms with van der Waals surface area (Å²) in [7, 11) is -3.04. The molecule has 0 aromatic rings. The summed E-state index contributed by atoms with van der Waals surface area (Å²) in [6.45, 7) is 3.62. The highest BCUT2D eigenvalue weighted by Gasteiger charge is 2.38. The maximum absolute atomic E-state index is 12.2. The Balaban J connectivity index is 2.78. The third kappa shape index (κ3) is 3.52. The van der Waals surface area contributed by atoms with Gasteiger partial charge in [0.15, 0.2) is 5.78 Å². The molecule has 0 amide bonds. The molecule has 0 spiro atoms. The summed E-state index contributed by atoms with van der Waals surface area (Å²) in [6, 6.07) is 0. The Kier molecular flexibility index (Phi) is 4.36. The minimum atomic E-state index is -3.04. The fraction of sp³-hybridized carbons (Fsp3) is 0.917. The maximum atomic E-state index is 12.2. The number of carbonyl (C=O) groups excluding carboxylic acids is 1. The van der Waals surface area contributed by atoms with Gasteiger partial charge in [-0.15, -0.1) is 0 Å². The molecule has 0 aliphatic heterocycles. The molecule has 100 valence electrons. The van der Waals surface area contributed by atoms with Crippen molar-refractivity contribution in [3.8, 4) is 0 Å². The van der Waals surface area contributed by atoms with E-state index in [-0.39, 0.29) is 17.0 Å². The molecule has 0 radical (unpaired) electrons. The lowest BCUT2D eigenvalue weighted by Gasteiger charge is -2.32. The predicted octanol–water partition coefficient (Wildman–Crippen LogP) is 1.29. The second-order valence-electron chi connectivity index (χ2n) is 5.45. The Morgan fingerprint density at radius 3 is 2.47 bits per heavy atom. The number of Topliss-reactive ketones (excluding diaryl/α,β-unsaturated/α-hetero) is 1. The van der Waals surface area contributed by atoms with Crippen LogP contribution in [0.5, 0.6) is 0 Å². The molecule has 1 fully saturated rings. The van der Waals surface area contributed by atoms with Crippen LogP contribution >= 0.6 is 0 Å². The first-order chi connectivity index (χ1) is 7.68. The highest BCUT2D eigenvalue weighted by atomic mass is 32.2. The Bertz CT molecular complexity index is 387. The normalized spacial score (nSPS) is 29.6. The van der Waals surface area contributed by atoms with E-state index in [1.165, 1.54) is 6.26 Å². The molecule has 2 N–H and O–H groups in total. The highest BCUT2D eigenvalue weighted by Crippen LogP contribution is 2.31. The Morgan fingerprint density at radius 1 is 1.41 bits per heavy atom. The van der Waals surface area contributed by atoms with Crippen LogP contribution in [0.1, 0.15) is 46.0 Å². The van der Waals surface area contributed by atoms with Gasteiger partial charge in [0.25, 0.3) is 0 Å². The lowest BCUT2D eigenvalue weighted by molar-refractivity contribution is -0.128. The van der Waals surface area contributed by atoms with Crippen molar-refractivity contribution in [2.24, 2.45) is 11.7 Å². The molecule has 17 heavy (non-hydrogen) atoms. The predicted molar refractivity (Wildman–Crippen MR) is 68.5 cm³/mol. The molecule has 3 unspecified atom stereocenters. The summed E-state index contributed by atoms with van der Waals surface area (Å²) < 4.78 is 23.1. The second kappa shape index (κ2) is 5.06. The first-order valence-electron chi connectivity index (χ1n) is 6.20. The van der Waals surface area contributed by atoms with E-state index < -0.39 is 15.4 Å². The molecule has 3 atom stereocenters. The summed E-state index contributed by atoms with van der Waals surface area (Å²) in [5, 5.41) is -0.363. The van der Waals surface area contributed by atoms with E-state index in [1.807, 2.05) is 6.92 Å². The zero-order valence-corrected chi connectivity index (χ0v) is 11.7. The fourth-order valence-corrected chi connectivity index (χ4v) is 3.59. The van der Waals surface area contributed by atoms with E-state index in [0.717, 1.165) is 12.8 Å². The Labute approximate surface area is 104 Å². The monoisotopic (exact) mass is 261 g/mol. The molecular weight excluding hydrogens is 238 g/mol. The van der Waals surface area contributed by atoms with Crippen LogP contribution in [0.2, 0.25) is 0 Å². The second-order valence-corrected chi connectivity index (χ2v) is 7.78. The standard InChI is InChI=1S/C12H23NO3S/c1-4-12(2,13)11(14)9-6-5-7-10(8-9)17(3,15)16/h9-10H,4-8,13H2,1-3H3. The summed E-state index contributed by atoms with van der Waals surface area (Å²) >= 11 is 0. The van der Waals surface area contributed by atoms with Gasteiger partial charge in [-0.25, -0.2) is 8.42 Å². The minimum absolute atomic E-state index is 0.0216. The molecular formula is C12H23NO3S. The molecule has 1 aliphatic rings. The summed E-state index contributed by atoms with van der Waals surface area (Å²) in [4.78, 5) is 12.2. The van der Waals surface area contributed by atoms with Crippen LogP contribution in [0, 0.1) is 5.92 Å². The first-order valence-corrected chi connectivity index (χ1v) is 8.16. The van der Waals surface area contributed by atoms with Gasteiger partial charge >= 0.3 is 0 Å². The SMILES string of the molecule is CCC(C)(N)C(=O)C1CCCC(S(C)(=O)=O)C1. The number of sulfone groups is 1. The molecule has 0 saturated heterocycles. The van der Waals surface area contributed by atoms with Crippen LogP contribution in [0.25, 0.3) is 0 Å². The zero-order valence-electron chi connectivity index (χ0n) is 10.9. The zero-order chi connectivity index (χ0) is 13.3. The lowest BCUT2D eigenvalue weighted by atomic mass is 9.78. The lowest BCUT2D eigenvalue weighted by Crippen LogP contribution is -2.49. The largest absolute Gasteiger partial charge is 0.319 e. The van der Waals surface area contributed by atoms with Gasteiger partial charge in [-0.1, -0.05) is 13.3 Å². The average Bonchev–Trinajstić information content (AvgIpc) is 2.27. The van der Waals surface area contributed by atoms with Gasteiger partial charge in [-0.2, -0.15) is 0 Å². The summed E-state index contributed by atoms with van der Waals surface area (Å²) in [5.41, 5.74) is 5.13. The maximum Gasteiger partial charge on any atom is 0.155 e. The van der Waals surface area contributed by atoms with Crippen molar-refractivity contribution in [3.63, 3.8) is 0 Å². The van der Waals surface area contributed by atoms with Crippen LogP contribution in [0.4, 0.5) is 0 Å². The number of rotatable bonds is 4. The molecule has 1 rings (SSSR count). The molecule has 5 heteroatoms. The Hall–Kier alpha value is -0.420. The van der Waals surface area contributed by atoms with Crippen LogP contribution in [0.15, 0.2) is 0 Å². The quantitative estimate of drug-likeness (QED) is 0.827. The van der Waals surface area contributed by atoms with Crippen molar-refractivity contribution in [1.29, 1.82) is 0 Å². The molecule has 0 heterocycles. The smallest absolute Gasteiger partial charge is 0.155 e. The van der Waals surface area contributed by atoms with Crippen molar-refractivity contribution >= 4 is 15.6 Å². The van der Waals surface area contributed by atoms with Gasteiger partial charge in [-0.3, -0.25) is 4.79 Å². The van der Waals surface area contributed by atoms with E-state index >= 15 is 0 Å². The molecule has 0 aromatic heterocycles. The van der Waals surface area contributed by atoms with Gasteiger partial charge in [0, 0.05) is 12.2 Å². The van der Waals surface area contributed by atoms with Crippen molar-refractivity contribution < 1.29 is 13.2 Å². The van der Waals surface area contributed by atoms with Crippen molar-refractivity contribution in [2.75, 3.05) is 6.26 Å². The molecule has 0 aromatic carbocycles. The van der Waals surface area contributed by atoms with Crippen LogP contribution in [-0.4, -0.2) is 31.2 Å². The molecule has 0 bridgehead atoms. The number of nitrogens with two attached hydrogens (primary N) is 1. The van der Waals surface area contributed by atoms with E-state index in [0.29, 0.717) is 19.3 Å². The number of ketones is 1. The summed E-state index contributed by atoms with van der Waals surface area (Å²) in [6.07, 6.45) is 4.55. The van der Waals surface area contributed by atoms with E-state index in [4.69, 9.17) is 5.73 Å². The van der Waals surface area contributed by atoms with Gasteiger partial charge in [0.1, 0.15) is 9.84 Å². The third-order valence-corrected chi connectivity index (χ3v) is 5.54. The van der Waals surface area contributed by atoms with Gasteiger partial charge < -0.3 is 5.73 Å². The van der Waals surface area contributed by atoms with Crippen LogP contribution < -0.4 is 5.73 Å². The molecule has 1 aliphatic carbocycles. The van der Waals surface area contributed by atoms with Gasteiger partial charge in [-0.05, 0) is 32.6 Å². The first kappa shape index (κ1) is 14.6. The minimum Gasteiger partial charge on any atom is -0.319 e.